The molecule has 0 aliphatic heterocycles. The van der Waals surface area contributed by atoms with Gasteiger partial charge in [0.1, 0.15) is 5.68 Å². The van der Waals surface area contributed by atoms with Crippen molar-refractivity contribution in [1.29, 1.82) is 0 Å². The molecule has 0 saturated heterocycles. The highest BCUT2D eigenvalue weighted by Crippen LogP contribution is 2.36. The predicted molar refractivity (Wildman–Crippen MR) is 90.8 cm³/mol. The van der Waals surface area contributed by atoms with Crippen molar-refractivity contribution in [1.82, 2.24) is 0 Å². The van der Waals surface area contributed by atoms with Gasteiger partial charge in [-0.15, -0.1) is 11.3 Å². The first-order valence-electron chi connectivity index (χ1n) is 7.96. The second-order valence-electron chi connectivity index (χ2n) is 6.06. The van der Waals surface area contributed by atoms with Gasteiger partial charge in [-0.3, -0.25) is 0 Å². The van der Waals surface area contributed by atoms with E-state index in [4.69, 9.17) is 0 Å². The Kier molecular flexibility index (Phi) is 5.31. The van der Waals surface area contributed by atoms with Crippen molar-refractivity contribution in [3.05, 3.63) is 16.5 Å². The smallest absolute Gasteiger partial charge is 0.208 e. The van der Waals surface area contributed by atoms with E-state index in [1.165, 1.54) is 36.2 Å². The molecular weight excluding hydrogens is 265 g/mol. The fourth-order valence-corrected chi connectivity index (χ4v) is 4.51. The van der Waals surface area contributed by atoms with Crippen LogP contribution in [0.3, 0.4) is 0 Å². The SMILES string of the molecule is CBC(=O)c1csc(N(CC)C2CCC(C)CC2)c1C. The highest BCUT2D eigenvalue weighted by atomic mass is 32.1. The molecule has 1 saturated carbocycles. The molecule has 0 aromatic carbocycles. The minimum Gasteiger partial charge on any atom is -0.361 e. The van der Waals surface area contributed by atoms with Crippen molar-refractivity contribution in [3.63, 3.8) is 0 Å². The van der Waals surface area contributed by atoms with Crippen LogP contribution in [0.5, 0.6) is 0 Å². The summed E-state index contributed by atoms with van der Waals surface area (Å²) in [6.45, 7) is 9.70. The van der Waals surface area contributed by atoms with Crippen molar-refractivity contribution in [3.8, 4) is 0 Å². The maximum absolute atomic E-state index is 12.0. The zero-order chi connectivity index (χ0) is 14.7. The van der Waals surface area contributed by atoms with E-state index in [-0.39, 0.29) is 5.68 Å². The van der Waals surface area contributed by atoms with Crippen LogP contribution < -0.4 is 4.90 Å². The summed E-state index contributed by atoms with van der Waals surface area (Å²) in [6.07, 6.45) is 5.27. The number of thiophene rings is 1. The molecule has 1 heterocycles. The molecule has 1 aromatic heterocycles. The highest BCUT2D eigenvalue weighted by molar-refractivity contribution is 7.15. The number of hydrogen-bond donors (Lipinski definition) is 0. The number of carbonyl (C=O) groups excluding carboxylic acids is 1. The zero-order valence-electron chi connectivity index (χ0n) is 13.2. The Morgan fingerprint density at radius 1 is 1.40 bits per heavy atom. The van der Waals surface area contributed by atoms with Gasteiger partial charge in [0.25, 0.3) is 0 Å². The van der Waals surface area contributed by atoms with Gasteiger partial charge in [0.05, 0.1) is 5.00 Å². The molecule has 0 unspecified atom stereocenters. The van der Waals surface area contributed by atoms with Crippen molar-refractivity contribution in [2.45, 2.75) is 59.3 Å². The van der Waals surface area contributed by atoms with E-state index in [0.717, 1.165) is 18.0 Å². The second-order valence-corrected chi connectivity index (χ2v) is 6.91. The van der Waals surface area contributed by atoms with Gasteiger partial charge in [-0.25, -0.2) is 0 Å². The molecule has 0 atom stereocenters. The van der Waals surface area contributed by atoms with Gasteiger partial charge >= 0.3 is 0 Å². The van der Waals surface area contributed by atoms with Crippen LogP contribution in [0.1, 0.15) is 55.5 Å². The predicted octanol–water partition coefficient (Wildman–Crippen LogP) is 4.09. The number of anilines is 1. The molecule has 0 N–H and O–H groups in total. The van der Waals surface area contributed by atoms with Gasteiger partial charge in [-0.1, -0.05) is 13.7 Å². The third-order valence-electron chi connectivity index (χ3n) is 4.66. The van der Waals surface area contributed by atoms with E-state index in [2.05, 4.69) is 31.1 Å². The maximum atomic E-state index is 12.0. The van der Waals surface area contributed by atoms with Crippen molar-refractivity contribution < 1.29 is 4.79 Å². The van der Waals surface area contributed by atoms with Gasteiger partial charge in [0, 0.05) is 23.5 Å². The molecule has 0 amide bonds. The summed E-state index contributed by atoms with van der Waals surface area (Å²) in [6, 6.07) is 0.665. The topological polar surface area (TPSA) is 20.3 Å². The molecule has 1 aliphatic carbocycles. The molecule has 1 aliphatic rings. The average molecular weight is 291 g/mol. The van der Waals surface area contributed by atoms with Crippen LogP contribution in [-0.4, -0.2) is 25.5 Å². The van der Waals surface area contributed by atoms with Crippen LogP contribution in [-0.2, 0) is 0 Å². The Morgan fingerprint density at radius 3 is 2.60 bits per heavy atom. The summed E-state index contributed by atoms with van der Waals surface area (Å²) in [7, 11) is 0.601. The van der Waals surface area contributed by atoms with Crippen LogP contribution in [0.4, 0.5) is 5.00 Å². The third kappa shape index (κ3) is 3.11. The quantitative estimate of drug-likeness (QED) is 0.762. The van der Waals surface area contributed by atoms with Crippen LogP contribution in [0, 0.1) is 12.8 Å². The van der Waals surface area contributed by atoms with Gasteiger partial charge in [-0.05, 0) is 51.0 Å². The molecule has 2 rings (SSSR count). The summed E-state index contributed by atoms with van der Waals surface area (Å²) in [5.74, 6) is 0.881. The lowest BCUT2D eigenvalue weighted by atomic mass is 9.73. The molecule has 20 heavy (non-hydrogen) atoms. The molecule has 1 fully saturated rings. The van der Waals surface area contributed by atoms with E-state index in [1.54, 1.807) is 11.3 Å². The first kappa shape index (κ1) is 15.6. The molecule has 0 bridgehead atoms. The minimum absolute atomic E-state index is 0.276. The first-order chi connectivity index (χ1) is 9.58. The summed E-state index contributed by atoms with van der Waals surface area (Å²) < 4.78 is 0. The lowest BCUT2D eigenvalue weighted by Crippen LogP contribution is -2.37. The molecule has 2 nitrogen and oxygen atoms in total. The van der Waals surface area contributed by atoms with Crippen molar-refractivity contribution >= 4 is 29.3 Å². The minimum atomic E-state index is 0.276. The van der Waals surface area contributed by atoms with Crippen molar-refractivity contribution in [2.24, 2.45) is 5.92 Å². The van der Waals surface area contributed by atoms with Gasteiger partial charge in [0.2, 0.25) is 7.28 Å². The van der Waals surface area contributed by atoms with Gasteiger partial charge < -0.3 is 9.69 Å². The van der Waals surface area contributed by atoms with E-state index >= 15 is 0 Å². The summed E-state index contributed by atoms with van der Waals surface area (Å²) in [5, 5.41) is 3.38. The highest BCUT2D eigenvalue weighted by Gasteiger charge is 2.26. The average Bonchev–Trinajstić information content (AvgIpc) is 2.83. The van der Waals surface area contributed by atoms with Crippen LogP contribution in [0.25, 0.3) is 0 Å². The Labute approximate surface area is 127 Å². The number of nitrogens with zero attached hydrogens (tertiary/aromatic N) is 1. The largest absolute Gasteiger partial charge is 0.361 e. The molecule has 4 heteroatoms. The van der Waals surface area contributed by atoms with E-state index in [1.807, 2.05) is 6.82 Å². The summed E-state index contributed by atoms with van der Waals surface area (Å²) in [4.78, 5) is 14.5. The molecule has 110 valence electrons. The molecule has 0 radical (unpaired) electrons. The van der Waals surface area contributed by atoms with Gasteiger partial charge in [0.15, 0.2) is 0 Å². The summed E-state index contributed by atoms with van der Waals surface area (Å²) in [5.41, 5.74) is 2.41. The second kappa shape index (κ2) is 6.79. The standard InChI is InChI=1S/C16H26BNOS/c1-5-18(13-8-6-11(2)7-9-13)16-12(3)14(10-20-16)15(19)17-4/h10-11,13,17H,5-9H2,1-4H3. The Hall–Kier alpha value is -0.765. The number of carbonyl (C=O) groups is 1. The van der Waals surface area contributed by atoms with Crippen LogP contribution in [0.15, 0.2) is 5.38 Å². The van der Waals surface area contributed by atoms with Crippen LogP contribution in [0.2, 0.25) is 6.82 Å². The lowest BCUT2D eigenvalue weighted by Gasteiger charge is -2.36. The number of hydrogen-bond acceptors (Lipinski definition) is 3. The fourth-order valence-electron chi connectivity index (χ4n) is 3.28. The van der Waals surface area contributed by atoms with E-state index < -0.39 is 0 Å². The number of rotatable bonds is 5. The third-order valence-corrected chi connectivity index (χ3v) is 5.78. The Bertz CT molecular complexity index is 463. The Morgan fingerprint density at radius 2 is 2.05 bits per heavy atom. The van der Waals surface area contributed by atoms with Crippen LogP contribution >= 0.6 is 11.3 Å². The summed E-state index contributed by atoms with van der Waals surface area (Å²) >= 11 is 1.75. The van der Waals surface area contributed by atoms with Crippen molar-refractivity contribution in [2.75, 3.05) is 11.4 Å². The molecular formula is C16H26BNOS. The lowest BCUT2D eigenvalue weighted by molar-refractivity contribution is 0.107. The van der Waals surface area contributed by atoms with E-state index in [9.17, 15) is 4.79 Å². The first-order valence-corrected chi connectivity index (χ1v) is 8.84. The normalized spacial score (nSPS) is 22.6. The molecule has 1 aromatic rings. The Balaban J connectivity index is 2.19. The zero-order valence-corrected chi connectivity index (χ0v) is 14.1. The molecule has 0 spiro atoms. The maximum Gasteiger partial charge on any atom is 0.208 e. The fraction of sp³-hybridized carbons (Fsp3) is 0.688. The van der Waals surface area contributed by atoms with E-state index in [0.29, 0.717) is 13.3 Å². The monoisotopic (exact) mass is 291 g/mol. The van der Waals surface area contributed by atoms with Gasteiger partial charge in [-0.2, -0.15) is 0 Å².